The highest BCUT2D eigenvalue weighted by atomic mass is 32.1. The Balaban J connectivity index is 1.75. The third-order valence-corrected chi connectivity index (χ3v) is 5.06. The highest BCUT2D eigenvalue weighted by molar-refractivity contribution is 7.18. The molecule has 108 valence electrons. The van der Waals surface area contributed by atoms with Gasteiger partial charge in [0.2, 0.25) is 0 Å². The van der Waals surface area contributed by atoms with Crippen LogP contribution in [0.2, 0.25) is 0 Å². The quantitative estimate of drug-likeness (QED) is 0.918. The van der Waals surface area contributed by atoms with Gasteiger partial charge in [-0.3, -0.25) is 0 Å². The van der Waals surface area contributed by atoms with Crippen molar-refractivity contribution in [3.63, 3.8) is 0 Å². The van der Waals surface area contributed by atoms with E-state index in [1.165, 1.54) is 9.71 Å². The Labute approximate surface area is 124 Å². The molecule has 20 heavy (non-hydrogen) atoms. The van der Waals surface area contributed by atoms with Crippen LogP contribution in [0.4, 0.5) is 0 Å². The standard InChI is InChI=1S/C16H22N2OS/c1-3-17-14(12-8-11(2)19-10-12)9-16-18-13-6-4-5-7-15(13)20-16/h4-7,11-12,14,17H,3,8-10H2,1-2H3. The van der Waals surface area contributed by atoms with Gasteiger partial charge in [-0.2, -0.15) is 0 Å². The smallest absolute Gasteiger partial charge is 0.0954 e. The number of ether oxygens (including phenoxy) is 1. The highest BCUT2D eigenvalue weighted by Crippen LogP contribution is 2.27. The van der Waals surface area contributed by atoms with Gasteiger partial charge in [0.25, 0.3) is 0 Å². The lowest BCUT2D eigenvalue weighted by Gasteiger charge is -2.22. The molecule has 0 radical (unpaired) electrons. The molecule has 1 aromatic heterocycles. The number of rotatable bonds is 5. The third kappa shape index (κ3) is 3.03. The molecule has 0 saturated carbocycles. The molecule has 3 nitrogen and oxygen atoms in total. The SMILES string of the molecule is CCNC(Cc1nc2ccccc2s1)C1COC(C)C1. The number of likely N-dealkylation sites (N-methyl/N-ethyl adjacent to an activating group) is 1. The molecule has 0 aliphatic carbocycles. The van der Waals surface area contributed by atoms with Gasteiger partial charge in [-0.1, -0.05) is 19.1 Å². The van der Waals surface area contributed by atoms with E-state index in [0.717, 1.165) is 31.5 Å². The van der Waals surface area contributed by atoms with Crippen LogP contribution in [0, 0.1) is 5.92 Å². The molecule has 1 aliphatic rings. The average Bonchev–Trinajstić information content (AvgIpc) is 3.03. The van der Waals surface area contributed by atoms with Crippen molar-refractivity contribution in [2.45, 2.75) is 38.8 Å². The van der Waals surface area contributed by atoms with Gasteiger partial charge in [0.05, 0.1) is 27.9 Å². The molecule has 3 rings (SSSR count). The number of para-hydroxylation sites is 1. The van der Waals surface area contributed by atoms with Crippen LogP contribution in [-0.2, 0) is 11.2 Å². The summed E-state index contributed by atoms with van der Waals surface area (Å²) in [5.41, 5.74) is 1.12. The van der Waals surface area contributed by atoms with E-state index in [2.05, 4.69) is 43.4 Å². The summed E-state index contributed by atoms with van der Waals surface area (Å²) in [4.78, 5) is 4.76. The minimum Gasteiger partial charge on any atom is -0.378 e. The first kappa shape index (κ1) is 14.0. The van der Waals surface area contributed by atoms with Crippen LogP contribution in [0.25, 0.3) is 10.2 Å². The van der Waals surface area contributed by atoms with Crippen molar-refractivity contribution in [3.05, 3.63) is 29.3 Å². The van der Waals surface area contributed by atoms with Gasteiger partial charge >= 0.3 is 0 Å². The lowest BCUT2D eigenvalue weighted by molar-refractivity contribution is 0.117. The lowest BCUT2D eigenvalue weighted by atomic mass is 9.94. The van der Waals surface area contributed by atoms with Crippen LogP contribution in [0.1, 0.15) is 25.3 Å². The summed E-state index contributed by atoms with van der Waals surface area (Å²) in [5.74, 6) is 0.608. The summed E-state index contributed by atoms with van der Waals surface area (Å²) < 4.78 is 7.02. The molecule has 2 aromatic rings. The van der Waals surface area contributed by atoms with Crippen LogP contribution in [0.5, 0.6) is 0 Å². The van der Waals surface area contributed by atoms with Gasteiger partial charge < -0.3 is 10.1 Å². The van der Waals surface area contributed by atoms with Gasteiger partial charge in [0, 0.05) is 18.4 Å². The fourth-order valence-corrected chi connectivity index (χ4v) is 4.02. The van der Waals surface area contributed by atoms with Crippen LogP contribution in [0.3, 0.4) is 0 Å². The number of thiazole rings is 1. The largest absolute Gasteiger partial charge is 0.378 e. The van der Waals surface area contributed by atoms with Crippen LogP contribution >= 0.6 is 11.3 Å². The summed E-state index contributed by atoms with van der Waals surface area (Å²) in [5, 5.41) is 4.86. The normalized spacial score (nSPS) is 24.3. The second kappa shape index (κ2) is 6.20. The van der Waals surface area contributed by atoms with Crippen molar-refractivity contribution in [2.24, 2.45) is 5.92 Å². The molecule has 1 N–H and O–H groups in total. The van der Waals surface area contributed by atoms with Crippen LogP contribution in [-0.4, -0.2) is 30.3 Å². The maximum atomic E-state index is 5.73. The topological polar surface area (TPSA) is 34.2 Å². The second-order valence-corrected chi connectivity index (χ2v) is 6.70. The highest BCUT2D eigenvalue weighted by Gasteiger charge is 2.29. The molecule has 1 aliphatic heterocycles. The number of fused-ring (bicyclic) bond motifs is 1. The van der Waals surface area contributed by atoms with Crippen molar-refractivity contribution in [3.8, 4) is 0 Å². The molecule has 0 bridgehead atoms. The van der Waals surface area contributed by atoms with E-state index in [-0.39, 0.29) is 0 Å². The van der Waals surface area contributed by atoms with Gasteiger partial charge in [-0.15, -0.1) is 11.3 Å². The van der Waals surface area contributed by atoms with Gasteiger partial charge in [0.1, 0.15) is 0 Å². The molecule has 0 spiro atoms. The Hall–Kier alpha value is -0.970. The maximum absolute atomic E-state index is 5.73. The molecule has 0 amide bonds. The van der Waals surface area contributed by atoms with Crippen molar-refractivity contribution < 1.29 is 4.74 Å². The van der Waals surface area contributed by atoms with E-state index in [1.54, 1.807) is 0 Å². The van der Waals surface area contributed by atoms with Crippen molar-refractivity contribution in [1.29, 1.82) is 0 Å². The molecule has 1 fully saturated rings. The van der Waals surface area contributed by atoms with Crippen LogP contribution in [0.15, 0.2) is 24.3 Å². The van der Waals surface area contributed by atoms with Gasteiger partial charge in [-0.25, -0.2) is 4.98 Å². The summed E-state index contributed by atoms with van der Waals surface area (Å²) >= 11 is 1.82. The first-order chi connectivity index (χ1) is 9.76. The number of aromatic nitrogens is 1. The number of hydrogen-bond acceptors (Lipinski definition) is 4. The maximum Gasteiger partial charge on any atom is 0.0954 e. The predicted octanol–water partition coefficient (Wildman–Crippen LogP) is 3.24. The molecule has 3 atom stereocenters. The Bertz CT molecular complexity index is 535. The zero-order chi connectivity index (χ0) is 13.9. The minimum atomic E-state index is 0.400. The summed E-state index contributed by atoms with van der Waals surface area (Å²) in [6, 6.07) is 8.86. The Morgan fingerprint density at radius 3 is 3.00 bits per heavy atom. The van der Waals surface area contributed by atoms with Crippen molar-refractivity contribution in [2.75, 3.05) is 13.2 Å². The van der Waals surface area contributed by atoms with E-state index in [0.29, 0.717) is 18.1 Å². The molecule has 1 saturated heterocycles. The number of benzene rings is 1. The molecule has 3 unspecified atom stereocenters. The molecule has 4 heteroatoms. The third-order valence-electron chi connectivity index (χ3n) is 4.00. The monoisotopic (exact) mass is 290 g/mol. The summed E-state index contributed by atoms with van der Waals surface area (Å²) in [6.07, 6.45) is 2.56. The molecular weight excluding hydrogens is 268 g/mol. The summed E-state index contributed by atoms with van der Waals surface area (Å²) in [7, 11) is 0. The Morgan fingerprint density at radius 2 is 2.30 bits per heavy atom. The molecule has 1 aromatic carbocycles. The Kier molecular flexibility index (Phi) is 4.34. The Morgan fingerprint density at radius 1 is 1.45 bits per heavy atom. The first-order valence-electron chi connectivity index (χ1n) is 7.45. The second-order valence-electron chi connectivity index (χ2n) is 5.58. The fraction of sp³-hybridized carbons (Fsp3) is 0.562. The van der Waals surface area contributed by atoms with Crippen molar-refractivity contribution >= 4 is 21.6 Å². The van der Waals surface area contributed by atoms with Crippen molar-refractivity contribution in [1.82, 2.24) is 10.3 Å². The van der Waals surface area contributed by atoms with E-state index < -0.39 is 0 Å². The van der Waals surface area contributed by atoms with Gasteiger partial charge in [0.15, 0.2) is 0 Å². The molecular formula is C16H22N2OS. The number of hydrogen-bond donors (Lipinski definition) is 1. The van der Waals surface area contributed by atoms with E-state index >= 15 is 0 Å². The van der Waals surface area contributed by atoms with E-state index in [9.17, 15) is 0 Å². The number of nitrogens with one attached hydrogen (secondary N) is 1. The fourth-order valence-electron chi connectivity index (χ4n) is 2.99. The minimum absolute atomic E-state index is 0.400. The van der Waals surface area contributed by atoms with E-state index in [4.69, 9.17) is 9.72 Å². The zero-order valence-corrected chi connectivity index (χ0v) is 13.0. The predicted molar refractivity (Wildman–Crippen MR) is 84.3 cm³/mol. The van der Waals surface area contributed by atoms with E-state index in [1.807, 2.05) is 11.3 Å². The molecule has 2 heterocycles. The summed E-state index contributed by atoms with van der Waals surface area (Å²) in [6.45, 7) is 6.22. The van der Waals surface area contributed by atoms with Gasteiger partial charge in [-0.05, 0) is 32.0 Å². The average molecular weight is 290 g/mol. The zero-order valence-electron chi connectivity index (χ0n) is 12.1. The lowest BCUT2D eigenvalue weighted by Crippen LogP contribution is -2.38. The number of nitrogens with zero attached hydrogens (tertiary/aromatic N) is 1. The first-order valence-corrected chi connectivity index (χ1v) is 8.27. The van der Waals surface area contributed by atoms with Crippen LogP contribution < -0.4 is 5.32 Å².